The molecule has 0 heterocycles. The molecule has 0 aromatic heterocycles. The van der Waals surface area contributed by atoms with Gasteiger partial charge >= 0.3 is 12.1 Å². The molecule has 2 aromatic carbocycles. The third-order valence-corrected chi connectivity index (χ3v) is 3.98. The number of amides is 1. The van der Waals surface area contributed by atoms with Crippen molar-refractivity contribution in [1.82, 2.24) is 0 Å². The summed E-state index contributed by atoms with van der Waals surface area (Å²) >= 11 is 12.0. The van der Waals surface area contributed by atoms with E-state index in [0.717, 1.165) is 5.56 Å². The quantitative estimate of drug-likeness (QED) is 0.831. The summed E-state index contributed by atoms with van der Waals surface area (Å²) in [6.45, 7) is 1.65. The molecule has 2 N–H and O–H groups in total. The van der Waals surface area contributed by atoms with Crippen LogP contribution >= 0.6 is 23.2 Å². The highest BCUT2D eigenvalue weighted by atomic mass is 35.5. The van der Waals surface area contributed by atoms with Gasteiger partial charge in [-0.25, -0.2) is 9.59 Å². The molecule has 0 saturated heterocycles. The number of halogens is 2. The summed E-state index contributed by atoms with van der Waals surface area (Å²) in [6, 6.07) is 10.4. The molecule has 23 heavy (non-hydrogen) atoms. The molecule has 0 aliphatic heterocycles. The van der Waals surface area contributed by atoms with Crippen LogP contribution < -0.4 is 5.32 Å². The van der Waals surface area contributed by atoms with Gasteiger partial charge in [-0.1, -0.05) is 53.5 Å². The molecule has 0 saturated carbocycles. The highest BCUT2D eigenvalue weighted by Gasteiger charge is 2.20. The van der Waals surface area contributed by atoms with Crippen molar-refractivity contribution in [3.05, 3.63) is 63.1 Å². The van der Waals surface area contributed by atoms with Crippen LogP contribution in [0.25, 0.3) is 0 Å². The van der Waals surface area contributed by atoms with E-state index in [1.165, 1.54) is 6.07 Å². The summed E-state index contributed by atoms with van der Waals surface area (Å²) in [5, 5.41) is 11.8. The Labute approximate surface area is 142 Å². The molecule has 0 spiro atoms. The minimum atomic E-state index is -1.27. The molecule has 0 aliphatic carbocycles. The number of aromatic carboxylic acids is 1. The van der Waals surface area contributed by atoms with E-state index >= 15 is 0 Å². The van der Waals surface area contributed by atoms with Crippen molar-refractivity contribution >= 4 is 41.0 Å². The number of rotatable bonds is 4. The fraction of sp³-hybridized carbons (Fsp3) is 0.125. The Morgan fingerprint density at radius 1 is 1.22 bits per heavy atom. The second-order valence-electron chi connectivity index (χ2n) is 4.71. The van der Waals surface area contributed by atoms with E-state index in [4.69, 9.17) is 27.9 Å². The number of hydrogen-bond donors (Lipinski definition) is 2. The molecule has 2 rings (SSSR count). The average Bonchev–Trinajstić information content (AvgIpc) is 2.51. The monoisotopic (exact) mass is 353 g/mol. The Balaban J connectivity index is 2.16. The molecule has 1 amide bonds. The largest absolute Gasteiger partial charge is 0.478 e. The van der Waals surface area contributed by atoms with Crippen LogP contribution in [0.5, 0.6) is 0 Å². The summed E-state index contributed by atoms with van der Waals surface area (Å²) in [5.74, 6) is -1.27. The van der Waals surface area contributed by atoms with Gasteiger partial charge in [-0.15, -0.1) is 0 Å². The number of carbonyl (C=O) groups excluding carboxylic acids is 1. The Hall–Kier alpha value is -2.24. The second kappa shape index (κ2) is 7.35. The number of hydrogen-bond acceptors (Lipinski definition) is 3. The van der Waals surface area contributed by atoms with Crippen LogP contribution in [0.1, 0.15) is 21.5 Å². The number of carbonyl (C=O) groups is 2. The molecule has 2 aromatic rings. The van der Waals surface area contributed by atoms with E-state index in [1.807, 2.05) is 18.2 Å². The van der Waals surface area contributed by atoms with Gasteiger partial charge in [-0.05, 0) is 24.1 Å². The summed E-state index contributed by atoms with van der Waals surface area (Å²) < 4.78 is 5.05. The van der Waals surface area contributed by atoms with Crippen molar-refractivity contribution in [2.45, 2.75) is 13.5 Å². The SMILES string of the molecule is Cc1c(Cl)cc(NC(=O)OCc2ccccc2)c(C(=O)O)c1Cl. The molecular weight excluding hydrogens is 341 g/mol. The van der Waals surface area contributed by atoms with Crippen LogP contribution in [0.15, 0.2) is 36.4 Å². The zero-order chi connectivity index (χ0) is 17.0. The first-order valence-electron chi connectivity index (χ1n) is 6.59. The molecule has 0 aliphatic rings. The number of anilines is 1. The number of carboxylic acid groups (broad SMARTS) is 1. The highest BCUT2D eigenvalue weighted by molar-refractivity contribution is 6.38. The zero-order valence-corrected chi connectivity index (χ0v) is 13.6. The van der Waals surface area contributed by atoms with E-state index in [9.17, 15) is 14.7 Å². The Morgan fingerprint density at radius 3 is 2.48 bits per heavy atom. The lowest BCUT2D eigenvalue weighted by atomic mass is 10.1. The van der Waals surface area contributed by atoms with Gasteiger partial charge in [0.15, 0.2) is 0 Å². The number of nitrogens with one attached hydrogen (secondary N) is 1. The standard InChI is InChI=1S/C16H13Cl2NO4/c1-9-11(17)7-12(13(14(9)18)15(20)21)19-16(22)23-8-10-5-3-2-4-6-10/h2-7H,8H2,1H3,(H,19,22)(H,20,21). The van der Waals surface area contributed by atoms with Gasteiger partial charge in [0.2, 0.25) is 0 Å². The maximum Gasteiger partial charge on any atom is 0.411 e. The molecule has 7 heteroatoms. The Kier molecular flexibility index (Phi) is 5.47. The van der Waals surface area contributed by atoms with Gasteiger partial charge in [0.1, 0.15) is 12.2 Å². The van der Waals surface area contributed by atoms with Crippen molar-refractivity contribution in [2.75, 3.05) is 5.32 Å². The summed E-state index contributed by atoms with van der Waals surface area (Å²) in [6.07, 6.45) is -0.799. The van der Waals surface area contributed by atoms with E-state index in [-0.39, 0.29) is 27.9 Å². The summed E-state index contributed by atoms with van der Waals surface area (Å²) in [7, 11) is 0. The number of carboxylic acids is 1. The lowest BCUT2D eigenvalue weighted by Crippen LogP contribution is -2.16. The second-order valence-corrected chi connectivity index (χ2v) is 5.50. The third-order valence-electron chi connectivity index (χ3n) is 3.11. The average molecular weight is 354 g/mol. The third kappa shape index (κ3) is 4.15. The maximum absolute atomic E-state index is 11.9. The van der Waals surface area contributed by atoms with Gasteiger partial charge in [0, 0.05) is 5.02 Å². The lowest BCUT2D eigenvalue weighted by molar-refractivity contribution is 0.0698. The minimum Gasteiger partial charge on any atom is -0.478 e. The minimum absolute atomic E-state index is 0.0174. The van der Waals surface area contributed by atoms with E-state index in [1.54, 1.807) is 19.1 Å². The fourth-order valence-corrected chi connectivity index (χ4v) is 2.43. The van der Waals surface area contributed by atoms with Crippen LogP contribution in [-0.2, 0) is 11.3 Å². The van der Waals surface area contributed by atoms with Gasteiger partial charge in [0.25, 0.3) is 0 Å². The van der Waals surface area contributed by atoms with E-state index in [0.29, 0.717) is 5.56 Å². The van der Waals surface area contributed by atoms with Crippen LogP contribution in [0, 0.1) is 6.92 Å². The van der Waals surface area contributed by atoms with E-state index < -0.39 is 12.1 Å². The molecule has 0 bridgehead atoms. The van der Waals surface area contributed by atoms with Crippen LogP contribution in [0.4, 0.5) is 10.5 Å². The first-order valence-corrected chi connectivity index (χ1v) is 7.35. The van der Waals surface area contributed by atoms with Gasteiger partial charge < -0.3 is 9.84 Å². The topological polar surface area (TPSA) is 75.6 Å². The molecular formula is C16H13Cl2NO4. The smallest absolute Gasteiger partial charge is 0.411 e. The fourth-order valence-electron chi connectivity index (χ4n) is 1.89. The van der Waals surface area contributed by atoms with Crippen LogP contribution in [0.3, 0.4) is 0 Å². The van der Waals surface area contributed by atoms with E-state index in [2.05, 4.69) is 5.32 Å². The van der Waals surface area contributed by atoms with Crippen molar-refractivity contribution in [3.8, 4) is 0 Å². The molecule has 120 valence electrons. The predicted octanol–water partition coefficient (Wildman–Crippen LogP) is 4.75. The zero-order valence-electron chi connectivity index (χ0n) is 12.1. The predicted molar refractivity (Wildman–Crippen MR) is 88.4 cm³/mol. The highest BCUT2D eigenvalue weighted by Crippen LogP contribution is 2.33. The molecule has 0 atom stereocenters. The maximum atomic E-state index is 11.9. The van der Waals surface area contributed by atoms with Crippen LogP contribution in [0.2, 0.25) is 10.0 Å². The first kappa shape index (κ1) is 17.1. The molecule has 0 fully saturated rings. The molecule has 5 nitrogen and oxygen atoms in total. The van der Waals surface area contributed by atoms with Crippen molar-refractivity contribution in [1.29, 1.82) is 0 Å². The van der Waals surface area contributed by atoms with Gasteiger partial charge in [-0.2, -0.15) is 0 Å². The number of ether oxygens (including phenoxy) is 1. The lowest BCUT2D eigenvalue weighted by Gasteiger charge is -2.13. The normalized spacial score (nSPS) is 10.2. The van der Waals surface area contributed by atoms with Crippen molar-refractivity contribution < 1.29 is 19.4 Å². The summed E-state index contributed by atoms with van der Waals surface area (Å²) in [5.41, 5.74) is 0.983. The first-order chi connectivity index (χ1) is 10.9. The summed E-state index contributed by atoms with van der Waals surface area (Å²) in [4.78, 5) is 23.2. The number of benzene rings is 2. The van der Waals surface area contributed by atoms with Crippen molar-refractivity contribution in [2.24, 2.45) is 0 Å². The molecule has 0 unspecified atom stereocenters. The Bertz CT molecular complexity index is 747. The van der Waals surface area contributed by atoms with Gasteiger partial charge in [0.05, 0.1) is 10.7 Å². The Morgan fingerprint density at radius 2 is 1.87 bits per heavy atom. The molecule has 0 radical (unpaired) electrons. The van der Waals surface area contributed by atoms with Crippen LogP contribution in [-0.4, -0.2) is 17.2 Å². The van der Waals surface area contributed by atoms with Crippen molar-refractivity contribution in [3.63, 3.8) is 0 Å². The van der Waals surface area contributed by atoms with Gasteiger partial charge in [-0.3, -0.25) is 5.32 Å².